The first kappa shape index (κ1) is 15.3. The molecule has 1 aliphatic heterocycles. The largest absolute Gasteiger partial charge is 0.312 e. The van der Waals surface area contributed by atoms with E-state index in [0.717, 1.165) is 24.6 Å². The Kier molecular flexibility index (Phi) is 5.85. The number of piperidine rings is 1. The van der Waals surface area contributed by atoms with E-state index in [2.05, 4.69) is 23.2 Å². The first-order chi connectivity index (χ1) is 9.72. The van der Waals surface area contributed by atoms with E-state index in [1.165, 1.54) is 32.5 Å². The van der Waals surface area contributed by atoms with E-state index in [1.54, 1.807) is 6.07 Å². The molecule has 0 atom stereocenters. The van der Waals surface area contributed by atoms with Crippen molar-refractivity contribution >= 4 is 11.6 Å². The minimum Gasteiger partial charge on any atom is -0.312 e. The maximum absolute atomic E-state index is 8.81. The van der Waals surface area contributed by atoms with Gasteiger partial charge in [0.1, 0.15) is 0 Å². The lowest BCUT2D eigenvalue weighted by molar-refractivity contribution is 0.190. The topological polar surface area (TPSA) is 39.1 Å². The third-order valence-corrected chi connectivity index (χ3v) is 4.44. The highest BCUT2D eigenvalue weighted by molar-refractivity contribution is 6.31. The first-order valence-corrected chi connectivity index (χ1v) is 7.72. The molecule has 1 saturated heterocycles. The third-order valence-electron chi connectivity index (χ3n) is 4.08. The molecule has 0 spiro atoms. The molecular weight excluding hydrogens is 270 g/mol. The Bertz CT molecular complexity index is 473. The van der Waals surface area contributed by atoms with Crippen molar-refractivity contribution in [1.29, 1.82) is 5.26 Å². The van der Waals surface area contributed by atoms with Crippen LogP contribution in [0.2, 0.25) is 5.02 Å². The number of nitrogens with one attached hydrogen (secondary N) is 1. The Morgan fingerprint density at radius 2 is 2.15 bits per heavy atom. The van der Waals surface area contributed by atoms with Gasteiger partial charge in [-0.15, -0.1) is 0 Å². The highest BCUT2D eigenvalue weighted by atomic mass is 35.5. The molecule has 1 N–H and O–H groups in total. The van der Waals surface area contributed by atoms with Crippen LogP contribution in [0.1, 0.15) is 30.9 Å². The van der Waals surface area contributed by atoms with E-state index in [0.29, 0.717) is 10.6 Å². The van der Waals surface area contributed by atoms with Crippen LogP contribution in [0.15, 0.2) is 18.2 Å². The van der Waals surface area contributed by atoms with Gasteiger partial charge in [0, 0.05) is 11.6 Å². The van der Waals surface area contributed by atoms with Gasteiger partial charge in [0.05, 0.1) is 11.6 Å². The molecule has 4 heteroatoms. The fourth-order valence-electron chi connectivity index (χ4n) is 2.68. The molecular formula is C16H22ClN3. The van der Waals surface area contributed by atoms with Crippen LogP contribution in [-0.4, -0.2) is 31.1 Å². The summed E-state index contributed by atoms with van der Waals surface area (Å²) in [5.74, 6) is 0.773. The van der Waals surface area contributed by atoms with E-state index in [1.807, 2.05) is 12.1 Å². The summed E-state index contributed by atoms with van der Waals surface area (Å²) in [6.45, 7) is 7.67. The first-order valence-electron chi connectivity index (χ1n) is 7.34. The molecule has 1 aromatic rings. The highest BCUT2D eigenvalue weighted by Crippen LogP contribution is 2.19. The summed E-state index contributed by atoms with van der Waals surface area (Å²) in [6.07, 6.45) is 2.56. The average Bonchev–Trinajstić information content (AvgIpc) is 2.49. The molecule has 3 nitrogen and oxygen atoms in total. The Hall–Kier alpha value is -1.08. The summed E-state index contributed by atoms with van der Waals surface area (Å²) in [6, 6.07) is 7.60. The molecule has 1 aromatic carbocycles. The number of hydrogen-bond acceptors (Lipinski definition) is 3. The lowest BCUT2D eigenvalue weighted by Crippen LogP contribution is -2.36. The minimum absolute atomic E-state index is 0.616. The normalized spacial score (nSPS) is 17.1. The predicted octanol–water partition coefficient (Wildman–Crippen LogP) is 3.03. The fourth-order valence-corrected chi connectivity index (χ4v) is 2.93. The van der Waals surface area contributed by atoms with Gasteiger partial charge in [-0.2, -0.15) is 5.26 Å². The van der Waals surface area contributed by atoms with Gasteiger partial charge in [-0.3, -0.25) is 0 Å². The molecule has 0 bridgehead atoms. The second-order valence-electron chi connectivity index (χ2n) is 5.43. The van der Waals surface area contributed by atoms with E-state index in [9.17, 15) is 0 Å². The molecule has 0 saturated carbocycles. The number of halogens is 1. The minimum atomic E-state index is 0.616. The van der Waals surface area contributed by atoms with Gasteiger partial charge in [-0.1, -0.05) is 24.6 Å². The molecule has 1 heterocycles. The zero-order chi connectivity index (χ0) is 14.4. The van der Waals surface area contributed by atoms with Gasteiger partial charge in [-0.05, 0) is 62.6 Å². The number of nitriles is 1. The van der Waals surface area contributed by atoms with Crippen LogP contribution in [0, 0.1) is 17.2 Å². The van der Waals surface area contributed by atoms with Crippen LogP contribution in [0.5, 0.6) is 0 Å². The van der Waals surface area contributed by atoms with Gasteiger partial charge in [0.25, 0.3) is 0 Å². The lowest BCUT2D eigenvalue weighted by Gasteiger charge is -2.31. The zero-order valence-corrected chi connectivity index (χ0v) is 12.8. The Morgan fingerprint density at radius 3 is 2.75 bits per heavy atom. The van der Waals surface area contributed by atoms with Crippen molar-refractivity contribution in [3.63, 3.8) is 0 Å². The monoisotopic (exact) mass is 291 g/mol. The molecule has 2 rings (SSSR count). The molecule has 1 fully saturated rings. The lowest BCUT2D eigenvalue weighted by atomic mass is 9.97. The fraction of sp³-hybridized carbons (Fsp3) is 0.562. The van der Waals surface area contributed by atoms with Gasteiger partial charge >= 0.3 is 0 Å². The Morgan fingerprint density at radius 1 is 1.40 bits per heavy atom. The second kappa shape index (κ2) is 7.64. The number of nitrogens with zero attached hydrogens (tertiary/aromatic N) is 2. The van der Waals surface area contributed by atoms with Gasteiger partial charge in [0.2, 0.25) is 0 Å². The van der Waals surface area contributed by atoms with Crippen molar-refractivity contribution in [2.75, 3.05) is 26.2 Å². The summed E-state index contributed by atoms with van der Waals surface area (Å²) in [5.41, 5.74) is 1.68. The third kappa shape index (κ3) is 4.21. The van der Waals surface area contributed by atoms with Gasteiger partial charge < -0.3 is 10.2 Å². The highest BCUT2D eigenvalue weighted by Gasteiger charge is 2.17. The summed E-state index contributed by atoms with van der Waals surface area (Å²) in [5, 5.41) is 13.0. The smallest absolute Gasteiger partial charge is 0.0992 e. The summed E-state index contributed by atoms with van der Waals surface area (Å²) >= 11 is 6.17. The zero-order valence-electron chi connectivity index (χ0n) is 12.0. The van der Waals surface area contributed by atoms with E-state index < -0.39 is 0 Å². The van der Waals surface area contributed by atoms with Crippen molar-refractivity contribution in [2.45, 2.75) is 26.3 Å². The van der Waals surface area contributed by atoms with Crippen LogP contribution in [0.4, 0.5) is 0 Å². The van der Waals surface area contributed by atoms with Crippen molar-refractivity contribution in [2.24, 2.45) is 5.92 Å². The standard InChI is InChI=1S/C16H22ClN3/c1-2-20-7-5-13(6-8-20)11-19-12-15-4-3-14(10-18)9-16(15)17/h3-4,9,13,19H,2,5-8,11-12H2,1H3. The van der Waals surface area contributed by atoms with Crippen LogP contribution in [-0.2, 0) is 6.54 Å². The molecule has 108 valence electrons. The maximum Gasteiger partial charge on any atom is 0.0992 e. The molecule has 0 radical (unpaired) electrons. The van der Waals surface area contributed by atoms with Crippen molar-refractivity contribution in [3.8, 4) is 6.07 Å². The van der Waals surface area contributed by atoms with Crippen LogP contribution < -0.4 is 5.32 Å². The Labute approximate surface area is 126 Å². The van der Waals surface area contributed by atoms with Crippen LogP contribution >= 0.6 is 11.6 Å². The van der Waals surface area contributed by atoms with Gasteiger partial charge in [-0.25, -0.2) is 0 Å². The van der Waals surface area contributed by atoms with E-state index in [-0.39, 0.29) is 0 Å². The predicted molar refractivity (Wildman–Crippen MR) is 82.7 cm³/mol. The number of benzene rings is 1. The summed E-state index contributed by atoms with van der Waals surface area (Å²) < 4.78 is 0. The molecule has 1 aliphatic rings. The maximum atomic E-state index is 8.81. The molecule has 0 aromatic heterocycles. The van der Waals surface area contributed by atoms with Crippen molar-refractivity contribution < 1.29 is 0 Å². The SMILES string of the molecule is CCN1CCC(CNCc2ccc(C#N)cc2Cl)CC1. The number of rotatable bonds is 5. The van der Waals surface area contributed by atoms with Crippen LogP contribution in [0.25, 0.3) is 0 Å². The second-order valence-corrected chi connectivity index (χ2v) is 5.83. The van der Waals surface area contributed by atoms with Crippen LogP contribution in [0.3, 0.4) is 0 Å². The number of hydrogen-bond donors (Lipinski definition) is 1. The molecule has 0 amide bonds. The average molecular weight is 292 g/mol. The number of likely N-dealkylation sites (tertiary alicyclic amines) is 1. The summed E-state index contributed by atoms with van der Waals surface area (Å²) in [7, 11) is 0. The summed E-state index contributed by atoms with van der Waals surface area (Å²) in [4.78, 5) is 2.51. The quantitative estimate of drug-likeness (QED) is 0.906. The van der Waals surface area contributed by atoms with E-state index >= 15 is 0 Å². The molecule has 0 aliphatic carbocycles. The molecule has 20 heavy (non-hydrogen) atoms. The Balaban J connectivity index is 1.75. The van der Waals surface area contributed by atoms with Crippen molar-refractivity contribution in [1.82, 2.24) is 10.2 Å². The molecule has 0 unspecified atom stereocenters. The van der Waals surface area contributed by atoms with Gasteiger partial charge in [0.15, 0.2) is 0 Å². The van der Waals surface area contributed by atoms with E-state index in [4.69, 9.17) is 16.9 Å². The van der Waals surface area contributed by atoms with Crippen molar-refractivity contribution in [3.05, 3.63) is 34.3 Å².